The Hall–Kier alpha value is -4.33. The van der Waals surface area contributed by atoms with E-state index in [1.54, 1.807) is 36.4 Å². The van der Waals surface area contributed by atoms with Crippen molar-refractivity contribution in [2.24, 2.45) is 0 Å². The first-order valence-corrected chi connectivity index (χ1v) is 23.3. The van der Waals surface area contributed by atoms with Gasteiger partial charge in [-0.15, -0.1) is 0 Å². The van der Waals surface area contributed by atoms with Crippen LogP contribution in [0.25, 0.3) is 11.2 Å². The topological polar surface area (TPSA) is 258 Å². The SMILES string of the molecule is CCCCCCCCCCCCCCCCCCOC[C@H](COP(=O)(O)OC[C@@]1(C#N)O[C@@H](c2ccc3c(N)ncnn23)[C@H](O)[C@@H]1O)OCc1ccc(-n2cncn2)c(C#N)c1. The Morgan fingerprint density at radius 3 is 2.21 bits per heavy atom. The largest absolute Gasteiger partial charge is 0.472 e. The molecule has 0 saturated carbocycles. The van der Waals surface area contributed by atoms with E-state index in [1.807, 2.05) is 0 Å². The van der Waals surface area contributed by atoms with Crippen molar-refractivity contribution in [2.75, 3.05) is 32.2 Å². The van der Waals surface area contributed by atoms with Crippen LogP contribution in [0.2, 0.25) is 0 Å². The number of aromatic nitrogens is 6. The average molecular weight is 880 g/mol. The highest BCUT2D eigenvalue weighted by Crippen LogP contribution is 2.47. The van der Waals surface area contributed by atoms with Gasteiger partial charge in [-0.2, -0.15) is 20.7 Å². The zero-order valence-electron chi connectivity index (χ0n) is 35.7. The van der Waals surface area contributed by atoms with Crippen molar-refractivity contribution in [3.05, 3.63) is 66.1 Å². The lowest BCUT2D eigenvalue weighted by atomic mass is 9.96. The molecule has 1 aromatic carbocycles. The second-order valence-corrected chi connectivity index (χ2v) is 17.3. The number of nitrogens with two attached hydrogens (primary N) is 1. The first-order chi connectivity index (χ1) is 30.1. The van der Waals surface area contributed by atoms with Crippen LogP contribution in [0.3, 0.4) is 0 Å². The number of aliphatic hydroxyl groups is 2. The first-order valence-electron chi connectivity index (χ1n) is 21.8. The van der Waals surface area contributed by atoms with Gasteiger partial charge >= 0.3 is 7.82 Å². The van der Waals surface area contributed by atoms with Crippen molar-refractivity contribution >= 4 is 19.2 Å². The predicted octanol–water partition coefficient (Wildman–Crippen LogP) is 6.82. The highest BCUT2D eigenvalue weighted by atomic mass is 31.2. The summed E-state index contributed by atoms with van der Waals surface area (Å²) in [6, 6.07) is 12.2. The highest BCUT2D eigenvalue weighted by Gasteiger charge is 2.57. The fourth-order valence-corrected chi connectivity index (χ4v) is 8.27. The zero-order valence-corrected chi connectivity index (χ0v) is 36.6. The monoisotopic (exact) mass is 879 g/mol. The number of fused-ring (bicyclic) bond motifs is 1. The fraction of sp³-hybridized carbons (Fsp3) is 0.628. The van der Waals surface area contributed by atoms with Crippen LogP contribution in [0, 0.1) is 22.7 Å². The molecule has 5 N–H and O–H groups in total. The van der Waals surface area contributed by atoms with Gasteiger partial charge in [0.15, 0.2) is 5.82 Å². The number of phosphoric acid groups is 1. The normalized spacial score (nSPS) is 20.3. The number of unbranched alkanes of at least 4 members (excludes halogenated alkanes) is 15. The Bertz CT molecular complexity index is 2070. The molecular weight excluding hydrogens is 818 g/mol. The number of nitrogens with zero attached hydrogens (tertiary/aromatic N) is 8. The number of aliphatic hydroxyl groups excluding tert-OH is 2. The maximum absolute atomic E-state index is 13.2. The maximum Gasteiger partial charge on any atom is 0.472 e. The smallest absolute Gasteiger partial charge is 0.387 e. The van der Waals surface area contributed by atoms with Crippen molar-refractivity contribution in [2.45, 2.75) is 146 Å². The molecule has 18 nitrogen and oxygen atoms in total. The molecule has 6 atom stereocenters. The molecule has 1 aliphatic heterocycles. The number of rotatable bonds is 30. The maximum atomic E-state index is 13.2. The van der Waals surface area contributed by atoms with Gasteiger partial charge < -0.3 is 35.1 Å². The summed E-state index contributed by atoms with van der Waals surface area (Å²) in [5.74, 6) is 0.161. The summed E-state index contributed by atoms with van der Waals surface area (Å²) in [5.41, 5.74) is 5.88. The van der Waals surface area contributed by atoms with Crippen LogP contribution in [0.15, 0.2) is 49.3 Å². The lowest BCUT2D eigenvalue weighted by Crippen LogP contribution is -2.45. The van der Waals surface area contributed by atoms with Gasteiger partial charge in [0.25, 0.3) is 0 Å². The van der Waals surface area contributed by atoms with Crippen LogP contribution in [0.4, 0.5) is 5.82 Å². The van der Waals surface area contributed by atoms with Crippen LogP contribution in [-0.2, 0) is 34.4 Å². The van der Waals surface area contributed by atoms with E-state index in [0.29, 0.717) is 28.9 Å². The summed E-state index contributed by atoms with van der Waals surface area (Å²) < 4.78 is 44.4. The van der Waals surface area contributed by atoms with Crippen LogP contribution in [-0.4, -0.2) is 94.8 Å². The number of hydrogen-bond donors (Lipinski definition) is 4. The van der Waals surface area contributed by atoms with E-state index in [1.165, 1.54) is 112 Å². The summed E-state index contributed by atoms with van der Waals surface area (Å²) in [6.45, 7) is 1.38. The third-order valence-corrected chi connectivity index (χ3v) is 12.0. The Kier molecular flexibility index (Phi) is 19.7. The van der Waals surface area contributed by atoms with E-state index >= 15 is 0 Å². The number of phosphoric ester groups is 1. The molecule has 62 heavy (non-hydrogen) atoms. The van der Waals surface area contributed by atoms with Crippen LogP contribution >= 0.6 is 7.82 Å². The summed E-state index contributed by atoms with van der Waals surface area (Å²) >= 11 is 0. The number of nitrogen functional groups attached to an aromatic ring is 1. The van der Waals surface area contributed by atoms with E-state index in [-0.39, 0.29) is 24.7 Å². The molecule has 19 heteroatoms. The van der Waals surface area contributed by atoms with E-state index in [2.05, 4.69) is 33.2 Å². The Morgan fingerprint density at radius 2 is 1.58 bits per heavy atom. The quantitative estimate of drug-likeness (QED) is 0.0309. The van der Waals surface area contributed by atoms with Gasteiger partial charge in [0.2, 0.25) is 5.60 Å². The molecule has 0 radical (unpaired) electrons. The predicted molar refractivity (Wildman–Crippen MR) is 228 cm³/mol. The first kappa shape index (κ1) is 48.7. The highest BCUT2D eigenvalue weighted by molar-refractivity contribution is 7.47. The molecule has 0 spiro atoms. The van der Waals surface area contributed by atoms with Gasteiger partial charge in [0, 0.05) is 6.61 Å². The molecule has 1 aliphatic rings. The molecule has 338 valence electrons. The Morgan fingerprint density at radius 1 is 0.903 bits per heavy atom. The lowest BCUT2D eigenvalue weighted by molar-refractivity contribution is -0.0790. The number of ether oxygens (including phenoxy) is 3. The van der Waals surface area contributed by atoms with Crippen LogP contribution in [0.5, 0.6) is 0 Å². The van der Waals surface area contributed by atoms with Crippen molar-refractivity contribution < 1.29 is 42.9 Å². The molecule has 5 rings (SSSR count). The third-order valence-electron chi connectivity index (χ3n) is 11.1. The van der Waals surface area contributed by atoms with Crippen LogP contribution in [0.1, 0.15) is 133 Å². The Labute approximate surface area is 363 Å². The molecule has 1 fully saturated rings. The molecule has 4 aromatic rings. The average Bonchev–Trinajstić information content (AvgIpc) is 4.03. The van der Waals surface area contributed by atoms with Crippen molar-refractivity contribution in [3.8, 4) is 17.8 Å². The van der Waals surface area contributed by atoms with Crippen molar-refractivity contribution in [1.82, 2.24) is 29.4 Å². The number of nitriles is 2. The van der Waals surface area contributed by atoms with Gasteiger partial charge in [0.05, 0.1) is 36.8 Å². The molecule has 0 bridgehead atoms. The van der Waals surface area contributed by atoms with Gasteiger partial charge in [-0.25, -0.2) is 23.7 Å². The standard InChI is InChI=1S/C43H62N9O9P/c1-2-3-4-5-6-7-8-9-10-11-12-13-14-15-16-17-22-57-26-35(58-25-33-18-19-36(34(23-33)24-44)51-32-47-30-49-51)27-59-62(55,56)60-29-43(28-45)41(54)39(53)40(61-43)37-20-21-38-42(46)48-31-50-52(37)38/h18-21,23,30-32,35,39-41,53-54H,2-17,22,25-27,29H2,1H3,(H,55,56)(H2,46,48,50)/t35-,39+,40+,41+,43-/m1/s1. The van der Waals surface area contributed by atoms with Gasteiger partial charge in [-0.05, 0) is 36.2 Å². The van der Waals surface area contributed by atoms with Gasteiger partial charge in [-0.1, -0.05) is 109 Å². The summed E-state index contributed by atoms with van der Waals surface area (Å²) in [5, 5.41) is 50.0. The van der Waals surface area contributed by atoms with Crippen molar-refractivity contribution in [3.63, 3.8) is 0 Å². The fourth-order valence-electron chi connectivity index (χ4n) is 7.49. The second-order valence-electron chi connectivity index (χ2n) is 15.8. The van der Waals surface area contributed by atoms with E-state index < -0.39 is 51.1 Å². The van der Waals surface area contributed by atoms with Gasteiger partial charge in [-0.3, -0.25) is 9.05 Å². The van der Waals surface area contributed by atoms with Crippen molar-refractivity contribution in [1.29, 1.82) is 10.5 Å². The molecule has 1 unspecified atom stereocenters. The summed E-state index contributed by atoms with van der Waals surface area (Å²) in [7, 11) is -4.91. The summed E-state index contributed by atoms with van der Waals surface area (Å²) in [6.07, 6.45) is 18.6. The van der Waals surface area contributed by atoms with E-state index in [9.17, 15) is 30.2 Å². The van der Waals surface area contributed by atoms with E-state index in [4.69, 9.17) is 29.0 Å². The third kappa shape index (κ3) is 14.1. The lowest BCUT2D eigenvalue weighted by Gasteiger charge is -2.26. The molecule has 0 amide bonds. The second kappa shape index (κ2) is 25.1. The molecular formula is C43H62N9O9P. The molecule has 3 aromatic heterocycles. The number of hydrogen-bond acceptors (Lipinski definition) is 15. The molecule has 0 aliphatic carbocycles. The minimum atomic E-state index is -4.91. The zero-order chi connectivity index (χ0) is 44.2. The minimum absolute atomic E-state index is 0.0151. The summed E-state index contributed by atoms with van der Waals surface area (Å²) in [4.78, 5) is 18.6. The van der Waals surface area contributed by atoms with Gasteiger partial charge in [0.1, 0.15) is 67.7 Å². The Balaban J connectivity index is 1.08. The minimum Gasteiger partial charge on any atom is -0.387 e. The number of benzene rings is 1. The van der Waals surface area contributed by atoms with E-state index in [0.717, 1.165) is 19.3 Å². The van der Waals surface area contributed by atoms with Crippen LogP contribution < -0.4 is 5.73 Å². The molecule has 1 saturated heterocycles. The molecule has 4 heterocycles. The number of anilines is 1.